The summed E-state index contributed by atoms with van der Waals surface area (Å²) in [5.74, 6) is 0. The summed E-state index contributed by atoms with van der Waals surface area (Å²) < 4.78 is 0. The molecule has 1 unspecified atom stereocenters. The topological polar surface area (TPSA) is 20.2 Å². The predicted octanol–water partition coefficient (Wildman–Crippen LogP) is 3.25. The van der Waals surface area contributed by atoms with Crippen molar-refractivity contribution in [2.45, 2.75) is 32.8 Å². The SMILES string of the molecule is CC1(C)CCC(O)/C1=C/c1ccccc1. The lowest BCUT2D eigenvalue weighted by atomic mass is 9.85. The molecule has 0 heterocycles. The van der Waals surface area contributed by atoms with E-state index in [0.29, 0.717) is 0 Å². The summed E-state index contributed by atoms with van der Waals surface area (Å²) >= 11 is 0. The molecule has 1 aromatic rings. The first-order valence-corrected chi connectivity index (χ1v) is 5.55. The highest BCUT2D eigenvalue weighted by atomic mass is 16.3. The molecular weight excluding hydrogens is 184 g/mol. The summed E-state index contributed by atoms with van der Waals surface area (Å²) in [5.41, 5.74) is 2.50. The van der Waals surface area contributed by atoms with Gasteiger partial charge in [-0.1, -0.05) is 50.3 Å². The Hall–Kier alpha value is -1.08. The molecule has 80 valence electrons. The molecule has 1 atom stereocenters. The van der Waals surface area contributed by atoms with E-state index in [1.807, 2.05) is 18.2 Å². The zero-order valence-electron chi connectivity index (χ0n) is 9.40. The predicted molar refractivity (Wildman–Crippen MR) is 63.4 cm³/mol. The average Bonchev–Trinajstić information content (AvgIpc) is 2.47. The molecule has 0 aromatic heterocycles. The molecule has 0 radical (unpaired) electrons. The van der Waals surface area contributed by atoms with Crippen LogP contribution in [-0.2, 0) is 0 Å². The number of rotatable bonds is 1. The van der Waals surface area contributed by atoms with Crippen molar-refractivity contribution in [2.75, 3.05) is 0 Å². The lowest BCUT2D eigenvalue weighted by molar-refractivity contribution is 0.217. The van der Waals surface area contributed by atoms with Gasteiger partial charge in [-0.25, -0.2) is 0 Å². The van der Waals surface area contributed by atoms with E-state index in [9.17, 15) is 5.11 Å². The molecule has 1 saturated carbocycles. The monoisotopic (exact) mass is 202 g/mol. The van der Waals surface area contributed by atoms with Crippen LogP contribution >= 0.6 is 0 Å². The largest absolute Gasteiger partial charge is 0.389 e. The van der Waals surface area contributed by atoms with Crippen LogP contribution in [0.4, 0.5) is 0 Å². The Morgan fingerprint density at radius 2 is 1.93 bits per heavy atom. The molecule has 1 aromatic carbocycles. The molecular formula is C14H18O. The van der Waals surface area contributed by atoms with Gasteiger partial charge in [0.2, 0.25) is 0 Å². The molecule has 1 heteroatoms. The smallest absolute Gasteiger partial charge is 0.0758 e. The lowest BCUT2D eigenvalue weighted by Gasteiger charge is -2.20. The second-order valence-corrected chi connectivity index (χ2v) is 4.95. The van der Waals surface area contributed by atoms with Crippen molar-refractivity contribution in [1.82, 2.24) is 0 Å². The Balaban J connectivity index is 2.33. The first-order chi connectivity index (χ1) is 7.09. The molecule has 1 aliphatic rings. The molecule has 1 nitrogen and oxygen atoms in total. The third-order valence-corrected chi connectivity index (χ3v) is 3.30. The van der Waals surface area contributed by atoms with Crippen LogP contribution in [0.2, 0.25) is 0 Å². The minimum absolute atomic E-state index is 0.148. The minimum atomic E-state index is -0.250. The van der Waals surface area contributed by atoms with Crippen LogP contribution in [0.15, 0.2) is 35.9 Å². The van der Waals surface area contributed by atoms with Gasteiger partial charge in [0.25, 0.3) is 0 Å². The fraction of sp³-hybridized carbons (Fsp3) is 0.429. The zero-order chi connectivity index (χ0) is 10.9. The van der Waals surface area contributed by atoms with E-state index in [-0.39, 0.29) is 11.5 Å². The lowest BCUT2D eigenvalue weighted by Crippen LogP contribution is -2.13. The Bertz CT molecular complexity index is 362. The number of aliphatic hydroxyl groups excluding tert-OH is 1. The summed E-state index contributed by atoms with van der Waals surface area (Å²) in [6.07, 6.45) is 3.86. The molecule has 1 N–H and O–H groups in total. The molecule has 0 saturated heterocycles. The quantitative estimate of drug-likeness (QED) is 0.741. The zero-order valence-corrected chi connectivity index (χ0v) is 9.40. The van der Waals surface area contributed by atoms with Crippen LogP contribution < -0.4 is 0 Å². The van der Waals surface area contributed by atoms with E-state index in [1.165, 1.54) is 11.1 Å². The van der Waals surface area contributed by atoms with Gasteiger partial charge in [0, 0.05) is 0 Å². The van der Waals surface area contributed by atoms with Gasteiger partial charge in [-0.2, -0.15) is 0 Å². The van der Waals surface area contributed by atoms with Gasteiger partial charge in [0.1, 0.15) is 0 Å². The van der Waals surface area contributed by atoms with Crippen molar-refractivity contribution in [1.29, 1.82) is 0 Å². The second-order valence-electron chi connectivity index (χ2n) is 4.95. The number of benzene rings is 1. The van der Waals surface area contributed by atoms with Crippen LogP contribution in [0.1, 0.15) is 32.3 Å². The molecule has 2 rings (SSSR count). The Morgan fingerprint density at radius 1 is 1.27 bits per heavy atom. The van der Waals surface area contributed by atoms with Crippen molar-refractivity contribution in [2.24, 2.45) is 5.41 Å². The van der Waals surface area contributed by atoms with E-state index in [4.69, 9.17) is 0 Å². The van der Waals surface area contributed by atoms with Gasteiger partial charge >= 0.3 is 0 Å². The van der Waals surface area contributed by atoms with Crippen LogP contribution in [0, 0.1) is 5.41 Å². The number of hydrogen-bond acceptors (Lipinski definition) is 1. The van der Waals surface area contributed by atoms with Gasteiger partial charge in [-0.15, -0.1) is 0 Å². The molecule has 0 amide bonds. The fourth-order valence-corrected chi connectivity index (χ4v) is 2.27. The first kappa shape index (κ1) is 10.4. The highest BCUT2D eigenvalue weighted by molar-refractivity contribution is 5.56. The Kier molecular flexibility index (Phi) is 2.66. The van der Waals surface area contributed by atoms with Crippen LogP contribution in [0.5, 0.6) is 0 Å². The standard InChI is InChI=1S/C14H18O/c1-14(2)9-8-13(15)12(14)10-11-6-4-3-5-7-11/h3-7,10,13,15H,8-9H2,1-2H3/b12-10-. The highest BCUT2D eigenvalue weighted by Gasteiger charge is 2.35. The van der Waals surface area contributed by atoms with Crippen molar-refractivity contribution < 1.29 is 5.11 Å². The normalized spacial score (nSPS) is 27.1. The molecule has 1 aliphatic carbocycles. The maximum Gasteiger partial charge on any atom is 0.0758 e. The Labute approximate surface area is 91.4 Å². The maximum absolute atomic E-state index is 9.92. The summed E-state index contributed by atoms with van der Waals surface area (Å²) in [5, 5.41) is 9.92. The van der Waals surface area contributed by atoms with E-state index < -0.39 is 0 Å². The van der Waals surface area contributed by atoms with Gasteiger partial charge in [0.05, 0.1) is 6.10 Å². The van der Waals surface area contributed by atoms with E-state index in [2.05, 4.69) is 32.1 Å². The van der Waals surface area contributed by atoms with E-state index in [0.717, 1.165) is 12.8 Å². The second kappa shape index (κ2) is 3.82. The highest BCUT2D eigenvalue weighted by Crippen LogP contribution is 2.43. The van der Waals surface area contributed by atoms with E-state index >= 15 is 0 Å². The third-order valence-electron chi connectivity index (χ3n) is 3.30. The molecule has 0 aliphatic heterocycles. The molecule has 1 fully saturated rings. The van der Waals surface area contributed by atoms with Crippen LogP contribution in [0.25, 0.3) is 6.08 Å². The summed E-state index contributed by atoms with van der Waals surface area (Å²) in [7, 11) is 0. The van der Waals surface area contributed by atoms with Crippen LogP contribution in [-0.4, -0.2) is 11.2 Å². The summed E-state index contributed by atoms with van der Waals surface area (Å²) in [6.45, 7) is 4.41. The number of hydrogen-bond donors (Lipinski definition) is 1. The van der Waals surface area contributed by atoms with Crippen molar-refractivity contribution >= 4 is 6.08 Å². The van der Waals surface area contributed by atoms with Gasteiger partial charge in [-0.3, -0.25) is 0 Å². The summed E-state index contributed by atoms with van der Waals surface area (Å²) in [4.78, 5) is 0. The molecule has 0 spiro atoms. The molecule has 15 heavy (non-hydrogen) atoms. The van der Waals surface area contributed by atoms with Gasteiger partial charge < -0.3 is 5.11 Å². The first-order valence-electron chi connectivity index (χ1n) is 5.55. The van der Waals surface area contributed by atoms with Gasteiger partial charge in [0.15, 0.2) is 0 Å². The van der Waals surface area contributed by atoms with E-state index in [1.54, 1.807) is 0 Å². The number of aliphatic hydroxyl groups is 1. The third kappa shape index (κ3) is 2.13. The summed E-state index contributed by atoms with van der Waals surface area (Å²) in [6, 6.07) is 10.2. The molecule has 0 bridgehead atoms. The average molecular weight is 202 g/mol. The van der Waals surface area contributed by atoms with Gasteiger partial charge in [-0.05, 0) is 29.4 Å². The van der Waals surface area contributed by atoms with Crippen LogP contribution in [0.3, 0.4) is 0 Å². The van der Waals surface area contributed by atoms with Crippen molar-refractivity contribution in [3.63, 3.8) is 0 Å². The maximum atomic E-state index is 9.92. The minimum Gasteiger partial charge on any atom is -0.389 e. The Morgan fingerprint density at radius 3 is 2.47 bits per heavy atom. The fourth-order valence-electron chi connectivity index (χ4n) is 2.27. The van der Waals surface area contributed by atoms with Crippen molar-refractivity contribution in [3.05, 3.63) is 41.5 Å². The van der Waals surface area contributed by atoms with Crippen molar-refractivity contribution in [3.8, 4) is 0 Å².